The van der Waals surface area contributed by atoms with E-state index in [-0.39, 0.29) is 5.92 Å². The van der Waals surface area contributed by atoms with Crippen LogP contribution in [0.5, 0.6) is 0 Å². The first-order valence-electron chi connectivity index (χ1n) is 6.48. The van der Waals surface area contributed by atoms with Crippen molar-refractivity contribution in [2.75, 3.05) is 31.9 Å². The van der Waals surface area contributed by atoms with Gasteiger partial charge >= 0.3 is 0 Å². The molecule has 0 heterocycles. The Morgan fingerprint density at radius 2 is 1.94 bits per heavy atom. The number of carbonyl (C=O) groups is 1. The first-order chi connectivity index (χ1) is 8.18. The lowest BCUT2D eigenvalue weighted by Crippen LogP contribution is -2.16. The molecule has 0 fully saturated rings. The number of rotatable bonds is 12. The van der Waals surface area contributed by atoms with Gasteiger partial charge in [-0.05, 0) is 32.1 Å². The SMILES string of the molecule is CSCNCCCOCCCCC(=O)C(C)C. The third-order valence-electron chi connectivity index (χ3n) is 2.49. The van der Waals surface area contributed by atoms with E-state index in [1.54, 1.807) is 11.8 Å². The van der Waals surface area contributed by atoms with Gasteiger partial charge in [-0.2, -0.15) is 0 Å². The Bertz CT molecular complexity index is 186. The van der Waals surface area contributed by atoms with Crippen molar-refractivity contribution in [3.63, 3.8) is 0 Å². The minimum absolute atomic E-state index is 0.179. The van der Waals surface area contributed by atoms with Gasteiger partial charge in [0.25, 0.3) is 0 Å². The second kappa shape index (κ2) is 12.4. The van der Waals surface area contributed by atoms with Gasteiger partial charge in [0.15, 0.2) is 0 Å². The molecule has 0 spiro atoms. The van der Waals surface area contributed by atoms with Crippen molar-refractivity contribution < 1.29 is 9.53 Å². The summed E-state index contributed by atoms with van der Waals surface area (Å²) in [7, 11) is 0. The molecule has 0 aliphatic rings. The molecule has 0 bridgehead atoms. The van der Waals surface area contributed by atoms with Crippen LogP contribution in [-0.4, -0.2) is 37.7 Å². The van der Waals surface area contributed by atoms with Gasteiger partial charge in [0, 0.05) is 31.4 Å². The molecule has 0 aromatic rings. The van der Waals surface area contributed by atoms with Crippen LogP contribution in [-0.2, 0) is 9.53 Å². The molecule has 0 aliphatic carbocycles. The summed E-state index contributed by atoms with van der Waals surface area (Å²) in [5.74, 6) is 1.56. The number of Topliss-reactive ketones (excluding diaryl/α,β-unsaturated/α-hetero) is 1. The van der Waals surface area contributed by atoms with Crippen molar-refractivity contribution in [1.29, 1.82) is 0 Å². The largest absolute Gasteiger partial charge is 0.381 e. The van der Waals surface area contributed by atoms with E-state index in [1.807, 2.05) is 13.8 Å². The van der Waals surface area contributed by atoms with E-state index in [0.717, 1.165) is 44.9 Å². The van der Waals surface area contributed by atoms with Crippen LogP contribution in [0.4, 0.5) is 0 Å². The van der Waals surface area contributed by atoms with E-state index >= 15 is 0 Å². The van der Waals surface area contributed by atoms with Gasteiger partial charge in [0.1, 0.15) is 5.78 Å². The van der Waals surface area contributed by atoms with E-state index in [2.05, 4.69) is 11.6 Å². The molecule has 0 saturated heterocycles. The summed E-state index contributed by atoms with van der Waals surface area (Å²) in [5.41, 5.74) is 0. The maximum atomic E-state index is 11.3. The summed E-state index contributed by atoms with van der Waals surface area (Å²) < 4.78 is 5.50. The predicted octanol–water partition coefficient (Wildman–Crippen LogP) is 2.70. The Balaban J connectivity index is 3.06. The van der Waals surface area contributed by atoms with Crippen molar-refractivity contribution in [2.24, 2.45) is 5.92 Å². The van der Waals surface area contributed by atoms with Gasteiger partial charge in [-0.3, -0.25) is 4.79 Å². The van der Waals surface area contributed by atoms with Crippen LogP contribution in [0.1, 0.15) is 39.5 Å². The average Bonchev–Trinajstić information content (AvgIpc) is 2.31. The van der Waals surface area contributed by atoms with E-state index in [0.29, 0.717) is 12.2 Å². The summed E-state index contributed by atoms with van der Waals surface area (Å²) in [6, 6.07) is 0. The molecule has 1 N–H and O–H groups in total. The number of hydrogen-bond acceptors (Lipinski definition) is 4. The highest BCUT2D eigenvalue weighted by Gasteiger charge is 2.05. The zero-order valence-corrected chi connectivity index (χ0v) is 12.3. The lowest BCUT2D eigenvalue weighted by atomic mass is 10.0. The second-order valence-electron chi connectivity index (χ2n) is 4.48. The van der Waals surface area contributed by atoms with E-state index in [9.17, 15) is 4.79 Å². The van der Waals surface area contributed by atoms with E-state index in [4.69, 9.17) is 4.74 Å². The molecule has 3 nitrogen and oxygen atoms in total. The molecule has 0 saturated carbocycles. The standard InChI is InChI=1S/C13H27NO2S/c1-12(2)13(15)7-4-5-9-16-10-6-8-14-11-17-3/h12,14H,4-11H2,1-3H3. The maximum Gasteiger partial charge on any atom is 0.135 e. The first kappa shape index (κ1) is 16.9. The zero-order valence-electron chi connectivity index (χ0n) is 11.5. The molecule has 0 unspecified atom stereocenters. The molecule has 0 atom stereocenters. The molecular weight excluding hydrogens is 234 g/mol. The van der Waals surface area contributed by atoms with Gasteiger partial charge < -0.3 is 10.1 Å². The number of nitrogens with one attached hydrogen (secondary N) is 1. The fraction of sp³-hybridized carbons (Fsp3) is 0.923. The Morgan fingerprint density at radius 1 is 1.24 bits per heavy atom. The molecule has 4 heteroatoms. The number of unbranched alkanes of at least 4 members (excludes halogenated alkanes) is 1. The number of ketones is 1. The molecule has 17 heavy (non-hydrogen) atoms. The van der Waals surface area contributed by atoms with Crippen LogP contribution in [0.25, 0.3) is 0 Å². The van der Waals surface area contributed by atoms with Gasteiger partial charge in [-0.25, -0.2) is 0 Å². The Kier molecular flexibility index (Phi) is 12.4. The van der Waals surface area contributed by atoms with Crippen LogP contribution >= 0.6 is 11.8 Å². The fourth-order valence-electron chi connectivity index (χ4n) is 1.37. The minimum Gasteiger partial charge on any atom is -0.381 e. The Hall–Kier alpha value is -0.0600. The van der Waals surface area contributed by atoms with Crippen molar-refractivity contribution in [2.45, 2.75) is 39.5 Å². The van der Waals surface area contributed by atoms with E-state index < -0.39 is 0 Å². The zero-order chi connectivity index (χ0) is 12.9. The lowest BCUT2D eigenvalue weighted by molar-refractivity contribution is -0.122. The molecule has 0 amide bonds. The Labute approximate surface area is 110 Å². The molecule has 0 aliphatic heterocycles. The molecule has 0 aromatic carbocycles. The minimum atomic E-state index is 0.179. The summed E-state index contributed by atoms with van der Waals surface area (Å²) in [6.45, 7) is 6.54. The fourth-order valence-corrected chi connectivity index (χ4v) is 1.72. The maximum absolute atomic E-state index is 11.3. The molecule has 0 rings (SSSR count). The monoisotopic (exact) mass is 261 g/mol. The predicted molar refractivity (Wildman–Crippen MR) is 75.5 cm³/mol. The van der Waals surface area contributed by atoms with Crippen molar-refractivity contribution in [3.05, 3.63) is 0 Å². The second-order valence-corrected chi connectivity index (χ2v) is 5.34. The lowest BCUT2D eigenvalue weighted by Gasteiger charge is -2.06. The number of hydrogen-bond donors (Lipinski definition) is 1. The van der Waals surface area contributed by atoms with Crippen molar-refractivity contribution in [3.8, 4) is 0 Å². The van der Waals surface area contributed by atoms with Crippen molar-refractivity contribution >= 4 is 17.5 Å². The first-order valence-corrected chi connectivity index (χ1v) is 7.88. The summed E-state index contributed by atoms with van der Waals surface area (Å²) >= 11 is 1.80. The molecular formula is C13H27NO2S. The summed E-state index contributed by atoms with van der Waals surface area (Å²) in [6.07, 6.45) is 5.81. The normalized spacial score (nSPS) is 11.1. The van der Waals surface area contributed by atoms with Gasteiger partial charge in [-0.1, -0.05) is 13.8 Å². The van der Waals surface area contributed by atoms with Crippen LogP contribution < -0.4 is 5.32 Å². The Morgan fingerprint density at radius 3 is 2.59 bits per heavy atom. The number of thioether (sulfide) groups is 1. The van der Waals surface area contributed by atoms with Gasteiger partial charge in [0.05, 0.1) is 0 Å². The third-order valence-corrected chi connectivity index (χ3v) is 2.99. The summed E-state index contributed by atoms with van der Waals surface area (Å²) in [4.78, 5) is 11.3. The van der Waals surface area contributed by atoms with Crippen LogP contribution in [0.3, 0.4) is 0 Å². The highest BCUT2D eigenvalue weighted by atomic mass is 32.2. The number of ether oxygens (including phenoxy) is 1. The highest BCUT2D eigenvalue weighted by molar-refractivity contribution is 7.98. The van der Waals surface area contributed by atoms with Crippen LogP contribution in [0, 0.1) is 5.92 Å². The van der Waals surface area contributed by atoms with Gasteiger partial charge in [-0.15, -0.1) is 11.8 Å². The smallest absolute Gasteiger partial charge is 0.135 e. The molecule has 0 radical (unpaired) electrons. The number of carbonyl (C=O) groups excluding carboxylic acids is 1. The molecule has 102 valence electrons. The highest BCUT2D eigenvalue weighted by Crippen LogP contribution is 2.04. The van der Waals surface area contributed by atoms with Gasteiger partial charge in [0.2, 0.25) is 0 Å². The quantitative estimate of drug-likeness (QED) is 0.433. The average molecular weight is 261 g/mol. The topological polar surface area (TPSA) is 38.3 Å². The van der Waals surface area contributed by atoms with Crippen molar-refractivity contribution in [1.82, 2.24) is 5.32 Å². The summed E-state index contributed by atoms with van der Waals surface area (Å²) in [5, 5.41) is 3.30. The molecule has 0 aromatic heterocycles. The third kappa shape index (κ3) is 12.2. The van der Waals surface area contributed by atoms with E-state index in [1.165, 1.54) is 0 Å². The van der Waals surface area contributed by atoms with Crippen LogP contribution in [0.15, 0.2) is 0 Å². The van der Waals surface area contributed by atoms with Crippen LogP contribution in [0.2, 0.25) is 0 Å².